The predicted molar refractivity (Wildman–Crippen MR) is 85.2 cm³/mol. The molecule has 0 saturated carbocycles. The van der Waals surface area contributed by atoms with Gasteiger partial charge in [0.25, 0.3) is 11.6 Å². The van der Waals surface area contributed by atoms with Crippen LogP contribution < -0.4 is 5.32 Å². The fourth-order valence-corrected chi connectivity index (χ4v) is 3.67. The summed E-state index contributed by atoms with van der Waals surface area (Å²) in [5.74, 6) is -1.23. The van der Waals surface area contributed by atoms with E-state index in [2.05, 4.69) is 5.32 Å². The highest BCUT2D eigenvalue weighted by atomic mass is 32.2. The maximum absolute atomic E-state index is 13.7. The second kappa shape index (κ2) is 7.22. The molecule has 1 aromatic carbocycles. The average molecular weight is 359 g/mol. The zero-order valence-corrected chi connectivity index (χ0v) is 13.9. The largest absolute Gasteiger partial charge is 0.351 e. The minimum Gasteiger partial charge on any atom is -0.351 e. The van der Waals surface area contributed by atoms with Crippen molar-refractivity contribution >= 4 is 21.4 Å². The van der Waals surface area contributed by atoms with Gasteiger partial charge in [-0.05, 0) is 13.0 Å². The summed E-state index contributed by atoms with van der Waals surface area (Å²) < 4.78 is 36.3. The van der Waals surface area contributed by atoms with Gasteiger partial charge < -0.3 is 5.32 Å². The van der Waals surface area contributed by atoms with Gasteiger partial charge in [0, 0.05) is 37.8 Å². The summed E-state index contributed by atoms with van der Waals surface area (Å²) in [6.45, 7) is 2.78. The van der Waals surface area contributed by atoms with E-state index in [1.54, 1.807) is 0 Å². The third kappa shape index (κ3) is 4.48. The monoisotopic (exact) mass is 359 g/mol. The van der Waals surface area contributed by atoms with Gasteiger partial charge in [-0.1, -0.05) is 0 Å². The number of nitrogens with one attached hydrogen (secondary N) is 1. The van der Waals surface area contributed by atoms with Crippen molar-refractivity contribution in [3.8, 4) is 0 Å². The molecule has 10 heteroatoms. The van der Waals surface area contributed by atoms with E-state index in [4.69, 9.17) is 0 Å². The fourth-order valence-electron chi connectivity index (χ4n) is 2.39. The topological polar surface area (TPSA) is 110 Å². The second-order valence-corrected chi connectivity index (χ2v) is 7.91. The lowest BCUT2D eigenvalue weighted by Gasteiger charge is -2.26. The van der Waals surface area contributed by atoms with Gasteiger partial charge >= 0.3 is 0 Å². The number of hydrogen-bond acceptors (Lipinski definition) is 6. The van der Waals surface area contributed by atoms with E-state index in [0.29, 0.717) is 19.6 Å². The van der Waals surface area contributed by atoms with Crippen molar-refractivity contribution in [3.63, 3.8) is 0 Å². The van der Waals surface area contributed by atoms with Gasteiger partial charge in [-0.25, -0.2) is 12.8 Å². The summed E-state index contributed by atoms with van der Waals surface area (Å²) in [6, 6.07) is 2.01. The van der Waals surface area contributed by atoms with Crippen LogP contribution in [0.1, 0.15) is 15.9 Å². The lowest BCUT2D eigenvalue weighted by molar-refractivity contribution is -0.385. The molecule has 1 amide bonds. The molecule has 1 N–H and O–H groups in total. The number of carbonyl (C=O) groups excluding carboxylic acids is 1. The van der Waals surface area contributed by atoms with Crippen LogP contribution in [0.15, 0.2) is 12.1 Å². The summed E-state index contributed by atoms with van der Waals surface area (Å²) in [4.78, 5) is 24.1. The Labute approximate surface area is 138 Å². The van der Waals surface area contributed by atoms with Crippen LogP contribution in [0.2, 0.25) is 0 Å². The highest BCUT2D eigenvalue weighted by Gasteiger charge is 2.22. The lowest BCUT2D eigenvalue weighted by atomic mass is 10.1. The third-order valence-corrected chi connectivity index (χ3v) is 5.54. The van der Waals surface area contributed by atoms with Gasteiger partial charge in [0.05, 0.1) is 22.0 Å². The first-order valence-corrected chi connectivity index (χ1v) is 9.17. The molecule has 1 fully saturated rings. The molecule has 0 aromatic heterocycles. The Hall–Kier alpha value is -2.07. The first kappa shape index (κ1) is 18.3. The lowest BCUT2D eigenvalue weighted by Crippen LogP contribution is -2.43. The van der Waals surface area contributed by atoms with Gasteiger partial charge in [0.1, 0.15) is 5.82 Å². The molecule has 132 valence electrons. The Morgan fingerprint density at radius 1 is 1.38 bits per heavy atom. The van der Waals surface area contributed by atoms with Crippen molar-refractivity contribution in [2.45, 2.75) is 6.92 Å². The number of nitrogens with zero attached hydrogens (tertiary/aromatic N) is 2. The van der Waals surface area contributed by atoms with E-state index in [9.17, 15) is 27.7 Å². The SMILES string of the molecule is Cc1c(F)cc(C(=O)NCCN2CCS(=O)(=O)CC2)cc1[N+](=O)[O-]. The van der Waals surface area contributed by atoms with Crippen molar-refractivity contribution in [3.05, 3.63) is 39.2 Å². The van der Waals surface area contributed by atoms with Crippen molar-refractivity contribution < 1.29 is 22.5 Å². The molecule has 1 aliphatic heterocycles. The zero-order chi connectivity index (χ0) is 17.9. The highest BCUT2D eigenvalue weighted by molar-refractivity contribution is 7.91. The highest BCUT2D eigenvalue weighted by Crippen LogP contribution is 2.22. The quantitative estimate of drug-likeness (QED) is 0.606. The third-order valence-electron chi connectivity index (χ3n) is 3.93. The maximum atomic E-state index is 13.7. The van der Waals surface area contributed by atoms with Crippen LogP contribution in [0, 0.1) is 22.9 Å². The Balaban J connectivity index is 1.92. The van der Waals surface area contributed by atoms with Gasteiger partial charge in [-0.3, -0.25) is 19.8 Å². The molecule has 0 unspecified atom stereocenters. The van der Waals surface area contributed by atoms with Crippen LogP contribution in [0.25, 0.3) is 0 Å². The Morgan fingerprint density at radius 3 is 2.58 bits per heavy atom. The van der Waals surface area contributed by atoms with Crippen LogP contribution in [0.3, 0.4) is 0 Å². The number of carbonyl (C=O) groups is 1. The van der Waals surface area contributed by atoms with Gasteiger partial charge in [-0.15, -0.1) is 0 Å². The molecule has 1 aliphatic rings. The van der Waals surface area contributed by atoms with E-state index >= 15 is 0 Å². The number of amides is 1. The second-order valence-electron chi connectivity index (χ2n) is 5.61. The van der Waals surface area contributed by atoms with Crippen molar-refractivity contribution in [2.75, 3.05) is 37.7 Å². The molecule has 0 spiro atoms. The molecule has 24 heavy (non-hydrogen) atoms. The van der Waals surface area contributed by atoms with Crippen molar-refractivity contribution in [1.82, 2.24) is 10.2 Å². The molecule has 2 rings (SSSR count). The molecular weight excluding hydrogens is 341 g/mol. The molecule has 8 nitrogen and oxygen atoms in total. The van der Waals surface area contributed by atoms with E-state index in [1.807, 2.05) is 4.90 Å². The van der Waals surface area contributed by atoms with Crippen molar-refractivity contribution in [1.29, 1.82) is 0 Å². The average Bonchev–Trinajstić information content (AvgIpc) is 2.51. The molecule has 1 aromatic rings. The zero-order valence-electron chi connectivity index (χ0n) is 13.1. The molecule has 0 aliphatic carbocycles. The number of nitro groups is 1. The minimum atomic E-state index is -2.96. The molecule has 1 saturated heterocycles. The van der Waals surface area contributed by atoms with Crippen molar-refractivity contribution in [2.24, 2.45) is 0 Å². The summed E-state index contributed by atoms with van der Waals surface area (Å²) in [5.41, 5.74) is -0.682. The smallest absolute Gasteiger partial charge is 0.276 e. The summed E-state index contributed by atoms with van der Waals surface area (Å²) in [7, 11) is -2.96. The molecule has 0 atom stereocenters. The van der Waals surface area contributed by atoms with Gasteiger partial charge in [0.15, 0.2) is 9.84 Å². The fraction of sp³-hybridized carbons (Fsp3) is 0.500. The van der Waals surface area contributed by atoms with E-state index < -0.39 is 32.2 Å². The molecule has 0 radical (unpaired) electrons. The van der Waals surface area contributed by atoms with Gasteiger partial charge in [-0.2, -0.15) is 0 Å². The first-order valence-electron chi connectivity index (χ1n) is 7.35. The number of rotatable bonds is 5. The number of sulfone groups is 1. The summed E-state index contributed by atoms with van der Waals surface area (Å²) in [6.07, 6.45) is 0. The van der Waals surface area contributed by atoms with Crippen LogP contribution in [0.5, 0.6) is 0 Å². The van der Waals surface area contributed by atoms with Crippen LogP contribution in [0.4, 0.5) is 10.1 Å². The number of hydrogen-bond donors (Lipinski definition) is 1. The minimum absolute atomic E-state index is 0.0936. The first-order chi connectivity index (χ1) is 11.2. The van der Waals surface area contributed by atoms with Crippen LogP contribution in [-0.4, -0.2) is 61.8 Å². The van der Waals surface area contributed by atoms with Crippen LogP contribution >= 0.6 is 0 Å². The predicted octanol–water partition coefficient (Wildman–Crippen LogP) is 0.503. The molecular formula is C14H18FN3O5S. The standard InChI is InChI=1S/C14H18FN3O5S/c1-10-12(15)8-11(9-13(10)18(20)21)14(19)16-2-3-17-4-6-24(22,23)7-5-17/h8-9H,2-7H2,1H3,(H,16,19). The van der Waals surface area contributed by atoms with E-state index in [-0.39, 0.29) is 29.2 Å². The van der Waals surface area contributed by atoms with E-state index in [0.717, 1.165) is 12.1 Å². The Kier molecular flexibility index (Phi) is 5.50. The van der Waals surface area contributed by atoms with Gasteiger partial charge in [0.2, 0.25) is 0 Å². The summed E-state index contributed by atoms with van der Waals surface area (Å²) in [5, 5.41) is 13.4. The summed E-state index contributed by atoms with van der Waals surface area (Å²) >= 11 is 0. The maximum Gasteiger partial charge on any atom is 0.276 e. The normalized spacial score (nSPS) is 17.4. The Bertz CT molecular complexity index is 752. The van der Waals surface area contributed by atoms with E-state index in [1.165, 1.54) is 6.92 Å². The molecule has 0 bridgehead atoms. The number of benzene rings is 1. The number of halogens is 1. The van der Waals surface area contributed by atoms with Crippen LogP contribution in [-0.2, 0) is 9.84 Å². The number of nitro benzene ring substituents is 1. The Morgan fingerprint density at radius 2 is 2.00 bits per heavy atom. The molecule has 1 heterocycles.